The van der Waals surface area contributed by atoms with Crippen molar-refractivity contribution >= 4 is 18.0 Å². The highest BCUT2D eigenvalue weighted by Crippen LogP contribution is 2.49. The molecule has 1 aromatic rings. The first kappa shape index (κ1) is 15.1. The highest BCUT2D eigenvalue weighted by Gasteiger charge is 2.56. The number of carbonyl (C=O) groups excluding carboxylic acids is 2. The van der Waals surface area contributed by atoms with Gasteiger partial charge >= 0.3 is 0 Å². The Hall–Kier alpha value is -2.43. The average molecular weight is 324 g/mol. The van der Waals surface area contributed by atoms with E-state index < -0.39 is 0 Å². The molecule has 5 nitrogen and oxygen atoms in total. The Morgan fingerprint density at radius 3 is 2.17 bits per heavy atom. The van der Waals surface area contributed by atoms with Gasteiger partial charge in [0.2, 0.25) is 0 Å². The summed E-state index contributed by atoms with van der Waals surface area (Å²) in [5.74, 6) is 0.468. The molecule has 1 saturated heterocycles. The molecular weight excluding hydrogens is 304 g/mol. The van der Waals surface area contributed by atoms with Crippen molar-refractivity contribution in [2.45, 2.75) is 19.8 Å². The highest BCUT2D eigenvalue weighted by molar-refractivity contribution is 6.06. The molecule has 3 aliphatic carbocycles. The fourth-order valence-electron chi connectivity index (χ4n) is 4.11. The van der Waals surface area contributed by atoms with Gasteiger partial charge in [-0.3, -0.25) is 9.59 Å². The number of nitrogens with zero attached hydrogens (tertiary/aromatic N) is 2. The number of hydrogen-bond donors (Lipinski definition) is 0. The lowest BCUT2D eigenvalue weighted by Gasteiger charge is -2.37. The number of allylic oxidation sites excluding steroid dienone is 2. The number of rotatable bonds is 4. The Morgan fingerprint density at radius 1 is 1.08 bits per heavy atom. The Bertz CT molecular complexity index is 691. The number of hydrogen-bond acceptors (Lipinski definition) is 4. The van der Waals surface area contributed by atoms with Crippen molar-refractivity contribution in [1.82, 2.24) is 5.01 Å². The van der Waals surface area contributed by atoms with Crippen molar-refractivity contribution in [2.75, 3.05) is 6.61 Å². The number of hydrazone groups is 1. The molecule has 0 unspecified atom stereocenters. The Kier molecular flexibility index (Phi) is 3.71. The molecule has 0 spiro atoms. The Morgan fingerprint density at radius 2 is 1.67 bits per heavy atom. The molecule has 2 fully saturated rings. The largest absolute Gasteiger partial charge is 0.494 e. The van der Waals surface area contributed by atoms with Crippen LogP contribution in [0.25, 0.3) is 0 Å². The summed E-state index contributed by atoms with van der Waals surface area (Å²) in [7, 11) is 0. The molecule has 24 heavy (non-hydrogen) atoms. The molecule has 2 amide bonds. The summed E-state index contributed by atoms with van der Waals surface area (Å²) in [6.45, 7) is 2.55. The number of carbonyl (C=O) groups is 2. The molecular formula is C19H20N2O3. The molecule has 5 rings (SSSR count). The van der Waals surface area contributed by atoms with Crippen LogP contribution in [0.1, 0.15) is 25.3 Å². The zero-order valence-corrected chi connectivity index (χ0v) is 13.6. The third kappa shape index (κ3) is 2.35. The van der Waals surface area contributed by atoms with Gasteiger partial charge in [0.05, 0.1) is 24.7 Å². The zero-order chi connectivity index (χ0) is 16.7. The molecule has 5 heteroatoms. The van der Waals surface area contributed by atoms with Crippen LogP contribution in [0.4, 0.5) is 0 Å². The van der Waals surface area contributed by atoms with Gasteiger partial charge in [-0.1, -0.05) is 12.2 Å². The van der Waals surface area contributed by atoms with Gasteiger partial charge in [-0.2, -0.15) is 10.1 Å². The molecule has 2 bridgehead atoms. The van der Waals surface area contributed by atoms with E-state index >= 15 is 0 Å². The van der Waals surface area contributed by atoms with E-state index in [0.717, 1.165) is 29.2 Å². The van der Waals surface area contributed by atoms with Crippen LogP contribution in [0.2, 0.25) is 0 Å². The summed E-state index contributed by atoms with van der Waals surface area (Å²) >= 11 is 0. The van der Waals surface area contributed by atoms with E-state index in [0.29, 0.717) is 6.61 Å². The monoisotopic (exact) mass is 324 g/mol. The van der Waals surface area contributed by atoms with Gasteiger partial charge in [0.1, 0.15) is 5.75 Å². The third-order valence-electron chi connectivity index (χ3n) is 5.25. The molecule has 0 radical (unpaired) electrons. The van der Waals surface area contributed by atoms with Crippen molar-refractivity contribution in [3.05, 3.63) is 42.0 Å². The third-order valence-corrected chi connectivity index (χ3v) is 5.25. The normalized spacial score (nSPS) is 31.1. The van der Waals surface area contributed by atoms with Crippen LogP contribution in [0.5, 0.6) is 5.75 Å². The smallest absolute Gasteiger partial charge is 0.254 e. The topological polar surface area (TPSA) is 59.0 Å². The summed E-state index contributed by atoms with van der Waals surface area (Å²) in [5, 5.41) is 5.28. The lowest BCUT2D eigenvalue weighted by atomic mass is 9.63. The SMILES string of the molecule is CCOc1ccc(/C=N\N2C(=O)[C@H]3[C@H](C2=O)[C@H]2C=C[C@H]3CC2)cc1. The average Bonchev–Trinajstić information content (AvgIpc) is 2.89. The number of fused-ring (bicyclic) bond motifs is 1. The standard InChI is InChI=1S/C19H20N2O3/c1-2-24-15-9-3-12(4-10-15)11-20-21-18(22)16-13-5-6-14(8-7-13)17(16)19(21)23/h3-6,9-11,13-14,16-17H,2,7-8H2,1H3/b20-11-/t13-,14-,16+,17+/m0/s1. The second-order valence-electron chi connectivity index (χ2n) is 6.58. The number of amides is 2. The minimum atomic E-state index is -0.210. The highest BCUT2D eigenvalue weighted by atomic mass is 16.5. The van der Waals surface area contributed by atoms with Crippen molar-refractivity contribution in [2.24, 2.45) is 28.8 Å². The molecule has 0 N–H and O–H groups in total. The van der Waals surface area contributed by atoms with Gasteiger partial charge in [0, 0.05) is 0 Å². The lowest BCUT2D eigenvalue weighted by molar-refractivity contribution is -0.140. The number of imide groups is 1. The summed E-state index contributed by atoms with van der Waals surface area (Å²) in [6, 6.07) is 7.42. The van der Waals surface area contributed by atoms with E-state index in [-0.39, 0.29) is 35.5 Å². The molecule has 124 valence electrons. The zero-order valence-electron chi connectivity index (χ0n) is 13.6. The molecule has 1 aromatic carbocycles. The molecule has 1 aliphatic heterocycles. The van der Waals surface area contributed by atoms with E-state index in [9.17, 15) is 9.59 Å². The van der Waals surface area contributed by atoms with Crippen molar-refractivity contribution < 1.29 is 14.3 Å². The van der Waals surface area contributed by atoms with Crippen LogP contribution < -0.4 is 4.74 Å². The van der Waals surface area contributed by atoms with Crippen LogP contribution in [-0.2, 0) is 9.59 Å². The summed E-state index contributed by atoms with van der Waals surface area (Å²) in [6.07, 6.45) is 7.79. The van der Waals surface area contributed by atoms with Crippen molar-refractivity contribution in [3.63, 3.8) is 0 Å². The first-order valence-corrected chi connectivity index (χ1v) is 8.52. The summed E-state index contributed by atoms with van der Waals surface area (Å²) < 4.78 is 5.40. The predicted octanol–water partition coefficient (Wildman–Crippen LogP) is 2.62. The predicted molar refractivity (Wildman–Crippen MR) is 89.4 cm³/mol. The maximum absolute atomic E-state index is 12.6. The first-order chi connectivity index (χ1) is 11.7. The first-order valence-electron chi connectivity index (χ1n) is 8.52. The summed E-state index contributed by atoms with van der Waals surface area (Å²) in [5.41, 5.74) is 0.829. The fraction of sp³-hybridized carbons (Fsp3) is 0.421. The Balaban J connectivity index is 1.53. The van der Waals surface area contributed by atoms with Gasteiger partial charge in [-0.05, 0) is 61.4 Å². The van der Waals surface area contributed by atoms with Gasteiger partial charge in [-0.25, -0.2) is 0 Å². The molecule has 4 aliphatic rings. The van der Waals surface area contributed by atoms with Crippen LogP contribution in [-0.4, -0.2) is 29.6 Å². The Labute approximate surface area is 141 Å². The van der Waals surface area contributed by atoms with Crippen LogP contribution in [0.15, 0.2) is 41.5 Å². The maximum atomic E-state index is 12.6. The quantitative estimate of drug-likeness (QED) is 0.486. The molecule has 4 atom stereocenters. The number of benzene rings is 1. The van der Waals surface area contributed by atoms with Gasteiger partial charge in [0.15, 0.2) is 0 Å². The van der Waals surface area contributed by atoms with Crippen LogP contribution in [0, 0.1) is 23.7 Å². The van der Waals surface area contributed by atoms with E-state index in [4.69, 9.17) is 4.74 Å². The molecule has 0 aromatic heterocycles. The molecule has 1 saturated carbocycles. The minimum absolute atomic E-state index is 0.147. The van der Waals surface area contributed by atoms with E-state index in [1.165, 1.54) is 0 Å². The molecule has 1 heterocycles. The van der Waals surface area contributed by atoms with E-state index in [1.54, 1.807) is 6.21 Å². The second-order valence-corrected chi connectivity index (χ2v) is 6.58. The summed E-state index contributed by atoms with van der Waals surface area (Å²) in [4.78, 5) is 25.3. The van der Waals surface area contributed by atoms with Crippen LogP contribution in [0.3, 0.4) is 0 Å². The van der Waals surface area contributed by atoms with Crippen molar-refractivity contribution in [3.8, 4) is 5.75 Å². The van der Waals surface area contributed by atoms with Gasteiger partial charge in [0.25, 0.3) is 11.8 Å². The second kappa shape index (κ2) is 5.89. The fourth-order valence-corrected chi connectivity index (χ4v) is 4.11. The lowest BCUT2D eigenvalue weighted by Crippen LogP contribution is -2.38. The maximum Gasteiger partial charge on any atom is 0.254 e. The number of ether oxygens (including phenoxy) is 1. The van der Waals surface area contributed by atoms with Gasteiger partial charge < -0.3 is 4.74 Å². The van der Waals surface area contributed by atoms with E-state index in [2.05, 4.69) is 17.3 Å². The minimum Gasteiger partial charge on any atom is -0.494 e. The van der Waals surface area contributed by atoms with Crippen molar-refractivity contribution in [1.29, 1.82) is 0 Å². The van der Waals surface area contributed by atoms with Gasteiger partial charge in [-0.15, -0.1) is 0 Å². The van der Waals surface area contributed by atoms with E-state index in [1.807, 2.05) is 31.2 Å². The van der Waals surface area contributed by atoms with Crippen LogP contribution >= 0.6 is 0 Å².